The van der Waals surface area contributed by atoms with Gasteiger partial charge in [-0.05, 0) is 111 Å². The van der Waals surface area contributed by atoms with Crippen molar-refractivity contribution >= 4 is 55.6 Å². The van der Waals surface area contributed by atoms with Crippen LogP contribution in [0, 0.1) is 10.8 Å². The fourth-order valence-electron chi connectivity index (χ4n) is 9.62. The molecule has 8 rings (SSSR count). The number of fused-ring (bicyclic) bond motifs is 6. The van der Waals surface area contributed by atoms with Crippen molar-refractivity contribution in [3.8, 4) is 0 Å². The number of rotatable bonds is 2. The molecule has 2 fully saturated rings. The minimum atomic E-state index is -2.77. The van der Waals surface area contributed by atoms with Gasteiger partial charge in [0.2, 0.25) is 0 Å². The topological polar surface area (TPSA) is 147 Å². The molecule has 2 aromatic rings. The van der Waals surface area contributed by atoms with Crippen molar-refractivity contribution in [3.63, 3.8) is 0 Å². The number of aliphatic imine (C=N–C) groups is 2. The molecule has 2 aliphatic heterocycles. The Labute approximate surface area is 300 Å². The van der Waals surface area contributed by atoms with E-state index in [1.54, 1.807) is 14.1 Å². The van der Waals surface area contributed by atoms with Gasteiger partial charge in [-0.1, -0.05) is 44.0 Å². The Balaban J connectivity index is 0.000000155. The quantitative estimate of drug-likeness (QED) is 0.387. The molecule has 0 aromatic heterocycles. The van der Waals surface area contributed by atoms with Crippen molar-refractivity contribution in [1.29, 1.82) is 0 Å². The molecule has 2 amide bonds. The van der Waals surface area contributed by atoms with Crippen molar-refractivity contribution in [3.05, 3.63) is 67.6 Å². The predicted octanol–water partition coefficient (Wildman–Crippen LogP) is 5.06. The Morgan fingerprint density at radius 3 is 1.57 bits per heavy atom. The molecule has 262 valence electrons. The molecule has 4 spiro atoms. The molecule has 2 unspecified atom stereocenters. The van der Waals surface area contributed by atoms with Gasteiger partial charge in [0, 0.05) is 33.9 Å². The number of nitrogens with two attached hydrogens (primary N) is 2. The predicted molar refractivity (Wildman–Crippen MR) is 187 cm³/mol. The van der Waals surface area contributed by atoms with E-state index in [-0.39, 0.29) is 35.3 Å². The van der Waals surface area contributed by atoms with Gasteiger partial charge in [0.15, 0.2) is 23.0 Å². The second-order valence-corrected chi connectivity index (χ2v) is 16.3. The largest absolute Gasteiger partial charge is 0.393 e. The summed E-state index contributed by atoms with van der Waals surface area (Å²) in [5.41, 5.74) is 13.4. The van der Waals surface area contributed by atoms with Gasteiger partial charge < -0.3 is 21.3 Å². The molecule has 4 aliphatic carbocycles. The van der Waals surface area contributed by atoms with Gasteiger partial charge in [0.25, 0.3) is 11.8 Å². The number of carbonyl (C=O) groups excluding carboxylic acids is 2. The zero-order chi connectivity index (χ0) is 35.1. The number of amides is 2. The van der Waals surface area contributed by atoms with E-state index < -0.39 is 29.2 Å². The fraction of sp³-hybridized carbons (Fsp3) is 0.543. The maximum Gasteiger partial charge on any atom is 0.345 e. The fourth-order valence-corrected chi connectivity index (χ4v) is 10.3. The van der Waals surface area contributed by atoms with Crippen LogP contribution in [0.5, 0.6) is 0 Å². The minimum absolute atomic E-state index is 0.0387. The van der Waals surface area contributed by atoms with Gasteiger partial charge in [0.05, 0.1) is 12.2 Å². The van der Waals surface area contributed by atoms with Crippen LogP contribution in [0.4, 0.5) is 8.78 Å². The zero-order valence-electron chi connectivity index (χ0n) is 27.4. The highest BCUT2D eigenvalue weighted by molar-refractivity contribution is 9.10. The molecule has 10 nitrogen and oxygen atoms in total. The highest BCUT2D eigenvalue weighted by Crippen LogP contribution is 2.63. The molecule has 5 N–H and O–H groups in total. The molecular formula is C35H40Br2F2N6O4. The molecule has 49 heavy (non-hydrogen) atoms. The first kappa shape index (κ1) is 34.5. The summed E-state index contributed by atoms with van der Waals surface area (Å²) in [5, 5.41) is 9.95. The lowest BCUT2D eigenvalue weighted by atomic mass is 9.61. The van der Waals surface area contributed by atoms with E-state index in [1.807, 2.05) is 30.3 Å². The van der Waals surface area contributed by atoms with Crippen LogP contribution in [-0.2, 0) is 38.2 Å². The zero-order valence-corrected chi connectivity index (χ0v) is 30.6. The molecule has 2 aromatic carbocycles. The van der Waals surface area contributed by atoms with E-state index in [1.165, 1.54) is 15.4 Å². The van der Waals surface area contributed by atoms with Crippen molar-refractivity contribution in [2.24, 2.45) is 32.3 Å². The number of aliphatic hydroxyl groups excluding tert-OH is 1. The summed E-state index contributed by atoms with van der Waals surface area (Å²) in [6.45, 7) is -2.77. The summed E-state index contributed by atoms with van der Waals surface area (Å²) in [7, 11) is 3.32. The monoisotopic (exact) mass is 804 g/mol. The van der Waals surface area contributed by atoms with Gasteiger partial charge in [0.1, 0.15) is 0 Å². The first-order valence-corrected chi connectivity index (χ1v) is 18.2. The van der Waals surface area contributed by atoms with Crippen LogP contribution in [-0.4, -0.2) is 71.6 Å². The molecule has 14 heteroatoms. The van der Waals surface area contributed by atoms with Crippen LogP contribution in [0.3, 0.4) is 0 Å². The average molecular weight is 807 g/mol. The second kappa shape index (κ2) is 12.1. The van der Waals surface area contributed by atoms with Crippen molar-refractivity contribution in [2.45, 2.75) is 94.1 Å². The second-order valence-electron chi connectivity index (χ2n) is 14.4. The first-order chi connectivity index (χ1) is 23.2. The van der Waals surface area contributed by atoms with Crippen molar-refractivity contribution in [1.82, 2.24) is 9.80 Å². The Bertz CT molecular complexity index is 1770. The van der Waals surface area contributed by atoms with Gasteiger partial charge in [-0.25, -0.2) is 9.98 Å². The van der Waals surface area contributed by atoms with Crippen LogP contribution in [0.25, 0.3) is 0 Å². The number of hydrogen-bond acceptors (Lipinski definition) is 8. The van der Waals surface area contributed by atoms with Gasteiger partial charge >= 0.3 is 6.61 Å². The summed E-state index contributed by atoms with van der Waals surface area (Å²) >= 11 is 7.01. The number of halogens is 4. The van der Waals surface area contributed by atoms with Crippen molar-refractivity contribution < 1.29 is 28.2 Å². The van der Waals surface area contributed by atoms with E-state index in [9.17, 15) is 23.5 Å². The van der Waals surface area contributed by atoms with Crippen LogP contribution in [0.15, 0.2) is 55.3 Å². The third kappa shape index (κ3) is 5.02. The van der Waals surface area contributed by atoms with E-state index >= 15 is 0 Å². The molecule has 0 saturated heterocycles. The Kier molecular flexibility index (Phi) is 8.51. The standard InChI is InChI=1S/C18H20BrF2N3O2.C17H20BrN3O2/c1-24-14(25)18(23-16(24)22)13-8-11(19)3-2-10(13)9-17(18)6-4-12(5-7-17)26-15(20)21;1-21-14(23)17(20-15(21)19)13-8-11(18)3-2-10(13)9-16(17)6-4-12(22)5-7-16/h2-3,8,12,15H,4-7,9H2,1H3,(H2,22,23);2-3,8,12,22H,4-7,9H2,1H3,(H2,19,20). The Hall–Kier alpha value is -2.94. The molecule has 0 bridgehead atoms. The number of nitrogens with zero attached hydrogens (tertiary/aromatic N) is 4. The van der Waals surface area contributed by atoms with E-state index in [0.29, 0.717) is 44.9 Å². The molecule has 2 saturated carbocycles. The number of likely N-dealkylation sites (N-methyl/N-ethyl adjacent to an activating group) is 2. The van der Waals surface area contributed by atoms with Crippen LogP contribution in [0.1, 0.15) is 73.6 Å². The van der Waals surface area contributed by atoms with Gasteiger partial charge in [-0.15, -0.1) is 0 Å². The van der Waals surface area contributed by atoms with E-state index in [2.05, 4.69) is 42.9 Å². The number of carbonyl (C=O) groups is 2. The first-order valence-electron chi connectivity index (χ1n) is 16.7. The number of hydrogen-bond donors (Lipinski definition) is 3. The Morgan fingerprint density at radius 1 is 0.796 bits per heavy atom. The Morgan fingerprint density at radius 2 is 1.20 bits per heavy atom. The number of ether oxygens (including phenoxy) is 1. The summed E-state index contributed by atoms with van der Waals surface area (Å²) in [4.78, 5) is 38.8. The number of aliphatic hydroxyl groups is 1. The third-order valence-corrected chi connectivity index (χ3v) is 13.1. The van der Waals surface area contributed by atoms with Crippen LogP contribution < -0.4 is 11.5 Å². The molecule has 6 aliphatic rings. The molecule has 2 atom stereocenters. The molecule has 2 heterocycles. The van der Waals surface area contributed by atoms with Gasteiger partial charge in [-0.2, -0.15) is 8.78 Å². The number of benzene rings is 2. The summed E-state index contributed by atoms with van der Waals surface area (Å²) in [6.07, 6.45) is 5.89. The number of guanidine groups is 2. The van der Waals surface area contributed by atoms with Crippen LogP contribution >= 0.6 is 31.9 Å². The van der Waals surface area contributed by atoms with E-state index in [0.717, 1.165) is 44.9 Å². The maximum absolute atomic E-state index is 13.3. The lowest BCUT2D eigenvalue weighted by Gasteiger charge is -2.45. The maximum atomic E-state index is 13.3. The SMILES string of the molecule is CN1C(=O)C2(N=C1N)c1cc(Br)ccc1CC21CCC(O)CC1.CN1C(=O)C2(N=C1N)c1cc(Br)ccc1CC21CCC(OC(F)F)CC1. The summed E-state index contributed by atoms with van der Waals surface area (Å²) < 4.78 is 31.7. The normalized spacial score (nSPS) is 34.6. The van der Waals surface area contributed by atoms with Crippen molar-refractivity contribution in [2.75, 3.05) is 14.1 Å². The lowest BCUT2D eigenvalue weighted by Crippen LogP contribution is -2.51. The summed E-state index contributed by atoms with van der Waals surface area (Å²) in [5.74, 6) is 0.310. The highest BCUT2D eigenvalue weighted by Gasteiger charge is 2.67. The number of alkyl halides is 2. The van der Waals surface area contributed by atoms with Gasteiger partial charge in [-0.3, -0.25) is 19.4 Å². The molecule has 0 radical (unpaired) electrons. The molecular weight excluding hydrogens is 766 g/mol. The smallest absolute Gasteiger partial charge is 0.345 e. The van der Waals surface area contributed by atoms with E-state index in [4.69, 9.17) is 21.2 Å². The highest BCUT2D eigenvalue weighted by atomic mass is 79.9. The average Bonchev–Trinajstić information content (AvgIpc) is 3.66. The van der Waals surface area contributed by atoms with Crippen LogP contribution in [0.2, 0.25) is 0 Å². The minimum Gasteiger partial charge on any atom is -0.393 e. The lowest BCUT2D eigenvalue weighted by molar-refractivity contribution is -0.178. The summed E-state index contributed by atoms with van der Waals surface area (Å²) in [6, 6.07) is 12.0. The third-order valence-electron chi connectivity index (χ3n) is 12.1.